The lowest BCUT2D eigenvalue weighted by Gasteiger charge is -2.39. The third-order valence-corrected chi connectivity index (χ3v) is 9.53. The summed E-state index contributed by atoms with van der Waals surface area (Å²) in [5.74, 6) is 0.914. The largest absolute Gasteiger partial charge is 0.337 e. The molecule has 1 amide bonds. The van der Waals surface area contributed by atoms with Crippen molar-refractivity contribution in [3.8, 4) is 0 Å². The molecular formula is C34H42N6O2. The zero-order valence-corrected chi connectivity index (χ0v) is 24.6. The van der Waals surface area contributed by atoms with Crippen molar-refractivity contribution >= 4 is 16.8 Å². The number of aryl methyl sites for hydroxylation is 1. The van der Waals surface area contributed by atoms with Crippen LogP contribution in [0, 0.1) is 11.8 Å². The maximum atomic E-state index is 14.2. The molecule has 2 aliphatic rings. The van der Waals surface area contributed by atoms with Crippen molar-refractivity contribution in [2.45, 2.75) is 64.0 Å². The van der Waals surface area contributed by atoms with Crippen molar-refractivity contribution in [1.29, 1.82) is 0 Å². The molecule has 0 bridgehead atoms. The maximum absolute atomic E-state index is 14.2. The van der Waals surface area contributed by atoms with Gasteiger partial charge >= 0.3 is 0 Å². The molecule has 42 heavy (non-hydrogen) atoms. The fourth-order valence-electron chi connectivity index (χ4n) is 7.16. The summed E-state index contributed by atoms with van der Waals surface area (Å²) < 4.78 is 1.73. The molecule has 8 nitrogen and oxygen atoms in total. The molecule has 4 aromatic rings. The minimum Gasteiger partial charge on any atom is -0.337 e. The van der Waals surface area contributed by atoms with Crippen LogP contribution in [0.4, 0.5) is 0 Å². The smallest absolute Gasteiger partial charge is 0.255 e. The molecule has 3 heterocycles. The summed E-state index contributed by atoms with van der Waals surface area (Å²) in [5, 5.41) is 11.9. The van der Waals surface area contributed by atoms with E-state index in [4.69, 9.17) is 0 Å². The summed E-state index contributed by atoms with van der Waals surface area (Å²) in [6.07, 6.45) is 9.28. The van der Waals surface area contributed by atoms with Gasteiger partial charge in [-0.05, 0) is 67.8 Å². The van der Waals surface area contributed by atoms with Crippen LogP contribution in [0.25, 0.3) is 10.9 Å². The molecule has 1 aliphatic carbocycles. The maximum Gasteiger partial charge on any atom is 0.255 e. The van der Waals surface area contributed by atoms with Gasteiger partial charge in [-0.1, -0.05) is 73.0 Å². The van der Waals surface area contributed by atoms with Gasteiger partial charge in [0.1, 0.15) is 0 Å². The minimum absolute atomic E-state index is 0.0208. The summed E-state index contributed by atoms with van der Waals surface area (Å²) >= 11 is 0. The monoisotopic (exact) mass is 566 g/mol. The summed E-state index contributed by atoms with van der Waals surface area (Å²) in [6, 6.07) is 20.7. The van der Waals surface area contributed by atoms with E-state index in [1.54, 1.807) is 4.57 Å². The number of hydrogen-bond acceptors (Lipinski definition) is 5. The van der Waals surface area contributed by atoms with E-state index in [9.17, 15) is 9.59 Å². The molecule has 1 N–H and O–H groups in total. The lowest BCUT2D eigenvalue weighted by molar-refractivity contribution is -0.137. The van der Waals surface area contributed by atoms with Crippen LogP contribution >= 0.6 is 0 Å². The van der Waals surface area contributed by atoms with Gasteiger partial charge < -0.3 is 9.47 Å². The molecule has 6 rings (SSSR count). The van der Waals surface area contributed by atoms with Crippen LogP contribution in [-0.4, -0.2) is 55.3 Å². The van der Waals surface area contributed by atoms with Gasteiger partial charge in [0, 0.05) is 43.7 Å². The molecule has 1 aliphatic heterocycles. The topological polar surface area (TPSA) is 87.1 Å². The molecule has 2 aromatic carbocycles. The molecule has 0 radical (unpaired) electrons. The van der Waals surface area contributed by atoms with Gasteiger partial charge in [-0.3, -0.25) is 19.6 Å². The first kappa shape index (κ1) is 28.3. The van der Waals surface area contributed by atoms with Crippen LogP contribution in [0.1, 0.15) is 67.7 Å². The second kappa shape index (κ2) is 13.0. The molecule has 2 fully saturated rings. The number of nitrogens with zero attached hydrogens (tertiary/aromatic N) is 5. The highest BCUT2D eigenvalue weighted by Gasteiger charge is 2.33. The fraction of sp³-hybridized carbons (Fsp3) is 0.471. The van der Waals surface area contributed by atoms with Crippen LogP contribution in [0.5, 0.6) is 0 Å². The highest BCUT2D eigenvalue weighted by Crippen LogP contribution is 2.35. The van der Waals surface area contributed by atoms with Crippen LogP contribution in [-0.2, 0) is 24.9 Å². The Morgan fingerprint density at radius 2 is 1.74 bits per heavy atom. The van der Waals surface area contributed by atoms with Gasteiger partial charge in [0.25, 0.3) is 5.56 Å². The number of likely N-dealkylation sites (tertiary alicyclic amines) is 1. The number of para-hydroxylation sites is 1. The fourth-order valence-corrected chi connectivity index (χ4v) is 7.16. The number of amides is 1. The van der Waals surface area contributed by atoms with Gasteiger partial charge in [0.2, 0.25) is 5.91 Å². The third kappa shape index (κ3) is 6.33. The van der Waals surface area contributed by atoms with E-state index in [-0.39, 0.29) is 23.3 Å². The van der Waals surface area contributed by atoms with Crippen molar-refractivity contribution < 1.29 is 4.79 Å². The number of piperidine rings is 1. The summed E-state index contributed by atoms with van der Waals surface area (Å²) in [5.41, 5.74) is 3.83. The third-order valence-electron chi connectivity index (χ3n) is 9.53. The molecule has 1 saturated heterocycles. The van der Waals surface area contributed by atoms with Crippen LogP contribution in [0.15, 0.2) is 71.7 Å². The summed E-state index contributed by atoms with van der Waals surface area (Å²) in [6.45, 7) is 3.76. The number of pyridine rings is 1. The Kier molecular flexibility index (Phi) is 8.79. The van der Waals surface area contributed by atoms with Gasteiger partial charge in [-0.2, -0.15) is 0 Å². The SMILES string of the molecule is Cn1c(=O)c(CN(CC(c2ccccc2)C2CCN(Cc3c[nH]nn3)CC2)C(=O)C2CCCCC2)cc2ccccc21. The number of benzene rings is 2. The van der Waals surface area contributed by atoms with E-state index in [0.29, 0.717) is 24.6 Å². The highest BCUT2D eigenvalue weighted by atomic mass is 16.2. The number of carbonyl (C=O) groups excluding carboxylic acids is 1. The Hall–Kier alpha value is -3.78. The number of H-pyrrole nitrogens is 1. The van der Waals surface area contributed by atoms with Gasteiger partial charge in [-0.25, -0.2) is 0 Å². The molecule has 8 heteroatoms. The van der Waals surface area contributed by atoms with Crippen molar-refractivity contribution in [2.75, 3.05) is 19.6 Å². The molecule has 1 saturated carbocycles. The Bertz CT molecular complexity index is 1520. The number of rotatable bonds is 9. The van der Waals surface area contributed by atoms with E-state index in [2.05, 4.69) is 50.6 Å². The molecule has 1 atom stereocenters. The first-order chi connectivity index (χ1) is 20.6. The summed E-state index contributed by atoms with van der Waals surface area (Å²) in [4.78, 5) is 32.3. The summed E-state index contributed by atoms with van der Waals surface area (Å²) in [7, 11) is 1.83. The molecule has 0 spiro atoms. The average Bonchev–Trinajstić information content (AvgIpc) is 3.56. The second-order valence-electron chi connectivity index (χ2n) is 12.2. The van der Waals surface area contributed by atoms with Crippen molar-refractivity contribution in [1.82, 2.24) is 29.8 Å². The average molecular weight is 567 g/mol. The standard InChI is InChI=1S/C34H42N6O2/c1-38-32-15-9-8-14-28(32)20-29(33(38)41)22-40(34(42)27-12-6-3-7-13-27)24-31(25-10-4-2-5-11-25)26-16-18-39(19-17-26)23-30-21-35-37-36-30/h2,4-5,8-11,14-15,20-21,26-27,31H,3,6-7,12-13,16-19,22-24H2,1H3,(H,35,36,37). The van der Waals surface area contributed by atoms with E-state index in [1.165, 1.54) is 12.0 Å². The second-order valence-corrected chi connectivity index (χ2v) is 12.2. The molecule has 220 valence electrons. The van der Waals surface area contributed by atoms with Crippen molar-refractivity contribution in [3.63, 3.8) is 0 Å². The van der Waals surface area contributed by atoms with Gasteiger partial charge in [0.15, 0.2) is 0 Å². The molecule has 1 unspecified atom stereocenters. The van der Waals surface area contributed by atoms with Crippen LogP contribution < -0.4 is 5.56 Å². The van der Waals surface area contributed by atoms with Crippen LogP contribution in [0.2, 0.25) is 0 Å². The van der Waals surface area contributed by atoms with Gasteiger partial charge in [-0.15, -0.1) is 5.10 Å². The number of nitrogens with one attached hydrogen (secondary N) is 1. The van der Waals surface area contributed by atoms with Crippen molar-refractivity contribution in [3.05, 3.63) is 94.0 Å². The Labute approximate surface area is 247 Å². The minimum atomic E-state index is -0.0208. The first-order valence-electron chi connectivity index (χ1n) is 15.6. The lowest BCUT2D eigenvalue weighted by atomic mass is 9.79. The molecular weight excluding hydrogens is 524 g/mol. The van der Waals surface area contributed by atoms with Crippen LogP contribution in [0.3, 0.4) is 0 Å². The quantitative estimate of drug-likeness (QED) is 0.299. The Morgan fingerprint density at radius 1 is 1.00 bits per heavy atom. The van der Waals surface area contributed by atoms with Gasteiger partial charge in [0.05, 0.1) is 17.8 Å². The van der Waals surface area contributed by atoms with Crippen molar-refractivity contribution in [2.24, 2.45) is 18.9 Å². The molecule has 2 aromatic heterocycles. The van der Waals surface area contributed by atoms with E-state index < -0.39 is 0 Å². The first-order valence-corrected chi connectivity index (χ1v) is 15.6. The van der Waals surface area contributed by atoms with E-state index >= 15 is 0 Å². The number of aromatic amines is 1. The number of hydrogen-bond donors (Lipinski definition) is 1. The van der Waals surface area contributed by atoms with E-state index in [0.717, 1.165) is 74.8 Å². The normalized spacial score (nSPS) is 17.8. The number of carbonyl (C=O) groups is 1. The highest BCUT2D eigenvalue weighted by molar-refractivity contribution is 5.81. The number of aromatic nitrogens is 4. The zero-order chi connectivity index (χ0) is 28.9. The Balaban J connectivity index is 1.28. The van der Waals surface area contributed by atoms with E-state index in [1.807, 2.05) is 48.5 Å². The Morgan fingerprint density at radius 3 is 2.48 bits per heavy atom. The zero-order valence-electron chi connectivity index (χ0n) is 24.6. The predicted octanol–water partition coefficient (Wildman–Crippen LogP) is 5.26. The number of fused-ring (bicyclic) bond motifs is 1. The lowest BCUT2D eigenvalue weighted by Crippen LogP contribution is -2.43. The predicted molar refractivity (Wildman–Crippen MR) is 165 cm³/mol.